The molecule has 1 aliphatic rings. The minimum Gasteiger partial charge on any atom is -0.352 e. The van der Waals surface area contributed by atoms with Crippen molar-refractivity contribution in [2.45, 2.75) is 44.7 Å². The van der Waals surface area contributed by atoms with Crippen molar-refractivity contribution in [1.82, 2.24) is 5.32 Å². The van der Waals surface area contributed by atoms with Crippen molar-refractivity contribution in [2.24, 2.45) is 11.7 Å². The third-order valence-electron chi connectivity index (χ3n) is 3.68. The number of carbonyl (C=O) groups excluding carboxylic acids is 1. The highest BCUT2D eigenvalue weighted by molar-refractivity contribution is 5.86. The van der Waals surface area contributed by atoms with Crippen LogP contribution in [-0.2, 0) is 11.2 Å². The Balaban J connectivity index is 1.87. The summed E-state index contributed by atoms with van der Waals surface area (Å²) < 4.78 is 0. The highest BCUT2D eigenvalue weighted by Crippen LogP contribution is 2.38. The van der Waals surface area contributed by atoms with Gasteiger partial charge in [0.05, 0.1) is 5.54 Å². The van der Waals surface area contributed by atoms with Crippen molar-refractivity contribution < 1.29 is 4.79 Å². The number of hydrogen-bond acceptors (Lipinski definition) is 2. The van der Waals surface area contributed by atoms with E-state index in [0.717, 1.165) is 19.3 Å². The number of nitrogens with two attached hydrogens (primary N) is 1. The molecule has 3 N–H and O–H groups in total. The Morgan fingerprint density at radius 3 is 2.61 bits per heavy atom. The van der Waals surface area contributed by atoms with Gasteiger partial charge in [-0.1, -0.05) is 30.3 Å². The maximum absolute atomic E-state index is 12.1. The molecule has 1 aromatic carbocycles. The Labute approximate surface area is 109 Å². The summed E-state index contributed by atoms with van der Waals surface area (Å²) >= 11 is 0. The summed E-state index contributed by atoms with van der Waals surface area (Å²) in [7, 11) is 0. The Kier molecular flexibility index (Phi) is 3.71. The molecule has 18 heavy (non-hydrogen) atoms. The van der Waals surface area contributed by atoms with E-state index in [-0.39, 0.29) is 11.9 Å². The molecule has 2 rings (SSSR count). The van der Waals surface area contributed by atoms with Crippen LogP contribution < -0.4 is 11.1 Å². The van der Waals surface area contributed by atoms with Gasteiger partial charge in [-0.05, 0) is 44.6 Å². The Bertz CT molecular complexity index is 410. The lowest BCUT2D eigenvalue weighted by atomic mass is 9.95. The molecule has 1 aromatic rings. The van der Waals surface area contributed by atoms with Gasteiger partial charge in [-0.15, -0.1) is 0 Å². The van der Waals surface area contributed by atoms with Gasteiger partial charge in [-0.25, -0.2) is 0 Å². The standard InChI is InChI=1S/C15H22N2O/c1-11(10-12-6-4-3-5-7-12)17-14(18)15(2,16)13-8-9-13/h3-7,11,13H,8-10,16H2,1-2H3,(H,17,18). The molecule has 1 saturated carbocycles. The van der Waals surface area contributed by atoms with E-state index in [2.05, 4.69) is 17.4 Å². The van der Waals surface area contributed by atoms with E-state index in [1.807, 2.05) is 32.0 Å². The summed E-state index contributed by atoms with van der Waals surface area (Å²) in [5.74, 6) is 0.342. The maximum atomic E-state index is 12.1. The molecule has 3 heteroatoms. The molecule has 0 heterocycles. The fraction of sp³-hybridized carbons (Fsp3) is 0.533. The van der Waals surface area contributed by atoms with Gasteiger partial charge in [0, 0.05) is 6.04 Å². The number of benzene rings is 1. The zero-order valence-electron chi connectivity index (χ0n) is 11.1. The highest BCUT2D eigenvalue weighted by atomic mass is 16.2. The fourth-order valence-corrected chi connectivity index (χ4v) is 2.27. The first kappa shape index (κ1) is 13.1. The van der Waals surface area contributed by atoms with Crippen molar-refractivity contribution in [1.29, 1.82) is 0 Å². The van der Waals surface area contributed by atoms with Crippen LogP contribution in [0, 0.1) is 5.92 Å². The van der Waals surface area contributed by atoms with Gasteiger partial charge in [-0.3, -0.25) is 4.79 Å². The average Bonchev–Trinajstić information content (AvgIpc) is 3.14. The van der Waals surface area contributed by atoms with E-state index in [4.69, 9.17) is 5.73 Å². The van der Waals surface area contributed by atoms with Crippen LogP contribution in [-0.4, -0.2) is 17.5 Å². The van der Waals surface area contributed by atoms with Crippen LogP contribution >= 0.6 is 0 Å². The summed E-state index contributed by atoms with van der Waals surface area (Å²) in [6.45, 7) is 3.86. The molecule has 2 atom stereocenters. The molecule has 1 fully saturated rings. The van der Waals surface area contributed by atoms with Crippen molar-refractivity contribution >= 4 is 5.91 Å². The van der Waals surface area contributed by atoms with E-state index < -0.39 is 5.54 Å². The molecule has 0 radical (unpaired) electrons. The van der Waals surface area contributed by atoms with Gasteiger partial charge in [0.1, 0.15) is 0 Å². The van der Waals surface area contributed by atoms with Crippen molar-refractivity contribution in [3.8, 4) is 0 Å². The van der Waals surface area contributed by atoms with Crippen LogP contribution in [0.2, 0.25) is 0 Å². The maximum Gasteiger partial charge on any atom is 0.240 e. The molecule has 0 bridgehead atoms. The number of hydrogen-bond donors (Lipinski definition) is 2. The van der Waals surface area contributed by atoms with Gasteiger partial charge in [0.2, 0.25) is 5.91 Å². The van der Waals surface area contributed by atoms with Crippen LogP contribution in [0.25, 0.3) is 0 Å². The normalized spacial score (nSPS) is 19.9. The minimum absolute atomic E-state index is 0.0200. The first-order valence-electron chi connectivity index (χ1n) is 6.64. The number of nitrogens with one attached hydrogen (secondary N) is 1. The van der Waals surface area contributed by atoms with Gasteiger partial charge in [0.15, 0.2) is 0 Å². The Morgan fingerprint density at radius 1 is 1.44 bits per heavy atom. The molecule has 0 saturated heterocycles. The predicted octanol–water partition coefficient (Wildman–Crippen LogP) is 1.86. The van der Waals surface area contributed by atoms with Gasteiger partial charge in [-0.2, -0.15) is 0 Å². The Hall–Kier alpha value is -1.35. The summed E-state index contributed by atoms with van der Waals surface area (Å²) in [5, 5.41) is 3.03. The highest BCUT2D eigenvalue weighted by Gasteiger charge is 2.44. The summed E-state index contributed by atoms with van der Waals surface area (Å²) in [6, 6.07) is 10.3. The van der Waals surface area contributed by atoms with Crippen LogP contribution in [0.3, 0.4) is 0 Å². The van der Waals surface area contributed by atoms with Crippen LogP contribution in [0.5, 0.6) is 0 Å². The third-order valence-corrected chi connectivity index (χ3v) is 3.68. The minimum atomic E-state index is -0.703. The second-order valence-corrected chi connectivity index (χ2v) is 5.62. The van der Waals surface area contributed by atoms with Crippen LogP contribution in [0.1, 0.15) is 32.3 Å². The summed E-state index contributed by atoms with van der Waals surface area (Å²) in [4.78, 5) is 12.1. The van der Waals surface area contributed by atoms with E-state index in [1.54, 1.807) is 0 Å². The molecular formula is C15H22N2O. The fourth-order valence-electron chi connectivity index (χ4n) is 2.27. The van der Waals surface area contributed by atoms with Crippen LogP contribution in [0.4, 0.5) is 0 Å². The SMILES string of the molecule is CC(Cc1ccccc1)NC(=O)C(C)(N)C1CC1. The molecule has 1 amide bonds. The van der Waals surface area contributed by atoms with E-state index >= 15 is 0 Å². The molecule has 0 aliphatic heterocycles. The van der Waals surface area contributed by atoms with E-state index in [0.29, 0.717) is 5.92 Å². The largest absolute Gasteiger partial charge is 0.352 e. The number of amides is 1. The zero-order valence-corrected chi connectivity index (χ0v) is 11.1. The molecule has 0 spiro atoms. The van der Waals surface area contributed by atoms with Crippen LogP contribution in [0.15, 0.2) is 30.3 Å². The monoisotopic (exact) mass is 246 g/mol. The molecule has 3 nitrogen and oxygen atoms in total. The first-order chi connectivity index (χ1) is 8.50. The molecule has 1 aliphatic carbocycles. The van der Waals surface area contributed by atoms with Crippen molar-refractivity contribution in [3.63, 3.8) is 0 Å². The second-order valence-electron chi connectivity index (χ2n) is 5.62. The predicted molar refractivity (Wildman–Crippen MR) is 73.1 cm³/mol. The number of rotatable bonds is 5. The lowest BCUT2D eigenvalue weighted by molar-refractivity contribution is -0.127. The number of carbonyl (C=O) groups is 1. The molecular weight excluding hydrogens is 224 g/mol. The smallest absolute Gasteiger partial charge is 0.240 e. The first-order valence-corrected chi connectivity index (χ1v) is 6.64. The molecule has 0 aromatic heterocycles. The molecule has 98 valence electrons. The topological polar surface area (TPSA) is 55.1 Å². The molecule has 2 unspecified atom stereocenters. The Morgan fingerprint density at radius 2 is 2.06 bits per heavy atom. The van der Waals surface area contributed by atoms with Crippen molar-refractivity contribution in [3.05, 3.63) is 35.9 Å². The van der Waals surface area contributed by atoms with Crippen molar-refractivity contribution in [2.75, 3.05) is 0 Å². The van der Waals surface area contributed by atoms with E-state index in [9.17, 15) is 4.79 Å². The quantitative estimate of drug-likeness (QED) is 0.833. The summed E-state index contributed by atoms with van der Waals surface area (Å²) in [6.07, 6.45) is 2.99. The second kappa shape index (κ2) is 5.11. The third kappa shape index (κ3) is 3.10. The van der Waals surface area contributed by atoms with E-state index in [1.165, 1.54) is 5.56 Å². The van der Waals surface area contributed by atoms with Gasteiger partial charge < -0.3 is 11.1 Å². The lowest BCUT2D eigenvalue weighted by Gasteiger charge is -2.25. The lowest BCUT2D eigenvalue weighted by Crippen LogP contribution is -2.55. The zero-order chi connectivity index (χ0) is 13.2. The van der Waals surface area contributed by atoms with Gasteiger partial charge >= 0.3 is 0 Å². The van der Waals surface area contributed by atoms with Gasteiger partial charge in [0.25, 0.3) is 0 Å². The average molecular weight is 246 g/mol. The summed E-state index contributed by atoms with van der Waals surface area (Å²) in [5.41, 5.74) is 6.62.